The van der Waals surface area contributed by atoms with Crippen LogP contribution in [-0.4, -0.2) is 30.6 Å². The van der Waals surface area contributed by atoms with Gasteiger partial charge in [-0.1, -0.05) is 13.8 Å². The highest BCUT2D eigenvalue weighted by atomic mass is 19.3. The number of hydrogen-bond acceptors (Lipinski definition) is 4. The van der Waals surface area contributed by atoms with E-state index in [0.29, 0.717) is 0 Å². The van der Waals surface area contributed by atoms with Crippen LogP contribution in [0, 0.1) is 11.8 Å². The van der Waals surface area contributed by atoms with Gasteiger partial charge >= 0.3 is 5.97 Å². The second-order valence-corrected chi connectivity index (χ2v) is 4.34. The van der Waals surface area contributed by atoms with Gasteiger partial charge in [0.2, 0.25) is 0 Å². The molecule has 0 bridgehead atoms. The van der Waals surface area contributed by atoms with E-state index in [2.05, 4.69) is 4.74 Å². The molecule has 1 atom stereocenters. The first-order chi connectivity index (χ1) is 8.29. The number of ether oxygens (including phenoxy) is 1. The van der Waals surface area contributed by atoms with Crippen molar-refractivity contribution in [3.8, 4) is 0 Å². The number of carbonyl (C=O) groups is 3. The van der Waals surface area contributed by atoms with E-state index in [1.807, 2.05) is 0 Å². The molecule has 104 valence electrons. The quantitative estimate of drug-likeness (QED) is 0.497. The molecule has 0 N–H and O–H groups in total. The third-order valence-corrected chi connectivity index (χ3v) is 2.22. The Morgan fingerprint density at radius 3 is 2.00 bits per heavy atom. The molecule has 0 aliphatic rings. The Balaban J connectivity index is 4.77. The fourth-order valence-corrected chi connectivity index (χ4v) is 1.41. The van der Waals surface area contributed by atoms with Crippen molar-refractivity contribution in [3.63, 3.8) is 0 Å². The van der Waals surface area contributed by atoms with Gasteiger partial charge in [0.25, 0.3) is 6.43 Å². The Hall–Kier alpha value is -1.33. The number of ketones is 2. The average Bonchev–Trinajstić information content (AvgIpc) is 2.24. The Labute approximate surface area is 105 Å². The Kier molecular flexibility index (Phi) is 7.31. The van der Waals surface area contributed by atoms with Crippen LogP contribution in [0.2, 0.25) is 0 Å². The van der Waals surface area contributed by atoms with Gasteiger partial charge in [-0.25, -0.2) is 8.78 Å². The number of Topliss-reactive ketones (excluding diaryl/α,β-unsaturated/α-hetero) is 2. The van der Waals surface area contributed by atoms with Gasteiger partial charge in [-0.15, -0.1) is 0 Å². The van der Waals surface area contributed by atoms with E-state index in [4.69, 9.17) is 0 Å². The van der Waals surface area contributed by atoms with Crippen LogP contribution >= 0.6 is 0 Å². The summed E-state index contributed by atoms with van der Waals surface area (Å²) in [5.74, 6) is -4.27. The van der Waals surface area contributed by atoms with E-state index in [0.717, 1.165) is 0 Å². The van der Waals surface area contributed by atoms with Crippen LogP contribution in [0.25, 0.3) is 0 Å². The molecule has 0 aromatic carbocycles. The van der Waals surface area contributed by atoms with Crippen LogP contribution in [0.3, 0.4) is 0 Å². The van der Waals surface area contributed by atoms with Crippen molar-refractivity contribution in [3.05, 3.63) is 0 Å². The van der Waals surface area contributed by atoms with Crippen LogP contribution in [0.4, 0.5) is 8.78 Å². The number of hydrogen-bond donors (Lipinski definition) is 0. The van der Waals surface area contributed by atoms with Crippen LogP contribution in [0.15, 0.2) is 0 Å². The zero-order chi connectivity index (χ0) is 14.3. The summed E-state index contributed by atoms with van der Waals surface area (Å²) < 4.78 is 28.9. The van der Waals surface area contributed by atoms with Gasteiger partial charge in [0, 0.05) is 12.8 Å². The summed E-state index contributed by atoms with van der Waals surface area (Å²) in [7, 11) is 0. The van der Waals surface area contributed by atoms with Crippen LogP contribution in [-0.2, 0) is 19.1 Å². The molecular formula is C12H18F2O4. The fraction of sp³-hybridized carbons (Fsp3) is 0.750. The van der Waals surface area contributed by atoms with Crippen LogP contribution < -0.4 is 0 Å². The fourth-order valence-electron chi connectivity index (χ4n) is 1.41. The molecule has 0 saturated heterocycles. The lowest BCUT2D eigenvalue weighted by atomic mass is 9.92. The van der Waals surface area contributed by atoms with Crippen molar-refractivity contribution in [2.45, 2.75) is 40.0 Å². The molecule has 4 nitrogen and oxygen atoms in total. The standard InChI is InChI=1S/C12H18F2O4/c1-4-18-12(17)8(6-10(16)11(13)14)9(15)5-7(2)3/h7-8,11H,4-6H2,1-3H3. The van der Waals surface area contributed by atoms with E-state index in [9.17, 15) is 23.2 Å². The highest BCUT2D eigenvalue weighted by molar-refractivity contribution is 6.02. The Bertz CT molecular complexity index is 313. The molecule has 0 saturated carbocycles. The molecule has 0 aliphatic carbocycles. The molecule has 0 radical (unpaired) electrons. The summed E-state index contributed by atoms with van der Waals surface area (Å²) in [5, 5.41) is 0. The summed E-state index contributed by atoms with van der Waals surface area (Å²) in [4.78, 5) is 34.2. The molecule has 0 spiro atoms. The summed E-state index contributed by atoms with van der Waals surface area (Å²) >= 11 is 0. The molecule has 6 heteroatoms. The first-order valence-electron chi connectivity index (χ1n) is 5.79. The van der Waals surface area contributed by atoms with E-state index in [-0.39, 0.29) is 18.9 Å². The predicted molar refractivity (Wildman–Crippen MR) is 60.2 cm³/mol. The normalized spacial score (nSPS) is 12.6. The molecule has 0 heterocycles. The summed E-state index contributed by atoms with van der Waals surface area (Å²) in [6, 6.07) is 0. The van der Waals surface area contributed by atoms with Crippen LogP contribution in [0.5, 0.6) is 0 Å². The monoisotopic (exact) mass is 264 g/mol. The second kappa shape index (κ2) is 7.89. The minimum atomic E-state index is -3.17. The maximum absolute atomic E-state index is 12.2. The van der Waals surface area contributed by atoms with Gasteiger partial charge in [0.15, 0.2) is 5.78 Å². The molecule has 1 unspecified atom stereocenters. The van der Waals surface area contributed by atoms with Crippen molar-refractivity contribution in [2.75, 3.05) is 6.61 Å². The molecule has 0 amide bonds. The van der Waals surface area contributed by atoms with E-state index >= 15 is 0 Å². The highest BCUT2D eigenvalue weighted by Gasteiger charge is 2.32. The van der Waals surface area contributed by atoms with E-state index in [1.165, 1.54) is 6.92 Å². The van der Waals surface area contributed by atoms with Crippen molar-refractivity contribution in [2.24, 2.45) is 11.8 Å². The number of esters is 1. The highest BCUT2D eigenvalue weighted by Crippen LogP contribution is 2.16. The summed E-state index contributed by atoms with van der Waals surface area (Å²) in [6.07, 6.45) is -3.91. The molecule has 0 fully saturated rings. The van der Waals surface area contributed by atoms with Crippen molar-refractivity contribution in [1.82, 2.24) is 0 Å². The van der Waals surface area contributed by atoms with Gasteiger partial charge in [0.1, 0.15) is 11.7 Å². The average molecular weight is 264 g/mol. The van der Waals surface area contributed by atoms with Crippen molar-refractivity contribution in [1.29, 1.82) is 0 Å². The second-order valence-electron chi connectivity index (χ2n) is 4.34. The van der Waals surface area contributed by atoms with Gasteiger partial charge in [-0.2, -0.15) is 0 Å². The van der Waals surface area contributed by atoms with Crippen LogP contribution in [0.1, 0.15) is 33.6 Å². The lowest BCUT2D eigenvalue weighted by Gasteiger charge is -2.14. The third-order valence-electron chi connectivity index (χ3n) is 2.22. The van der Waals surface area contributed by atoms with Gasteiger partial charge < -0.3 is 4.74 Å². The number of halogens is 2. The first-order valence-corrected chi connectivity index (χ1v) is 5.79. The predicted octanol–water partition coefficient (Wildman–Crippen LogP) is 2.01. The number of alkyl halides is 2. The molecule has 0 aromatic rings. The van der Waals surface area contributed by atoms with Gasteiger partial charge in [-0.3, -0.25) is 14.4 Å². The minimum absolute atomic E-state index is 0.0175. The molecule has 0 aromatic heterocycles. The lowest BCUT2D eigenvalue weighted by molar-refractivity contribution is -0.154. The maximum atomic E-state index is 12.2. The molecule has 0 aliphatic heterocycles. The SMILES string of the molecule is CCOC(=O)C(CC(=O)C(F)F)C(=O)CC(C)C. The molecular weight excluding hydrogens is 246 g/mol. The molecule has 18 heavy (non-hydrogen) atoms. The Morgan fingerprint density at radius 1 is 1.06 bits per heavy atom. The number of carbonyl (C=O) groups excluding carboxylic acids is 3. The molecule has 0 rings (SSSR count). The van der Waals surface area contributed by atoms with E-state index < -0.39 is 36.3 Å². The minimum Gasteiger partial charge on any atom is -0.465 e. The smallest absolute Gasteiger partial charge is 0.316 e. The zero-order valence-corrected chi connectivity index (χ0v) is 10.7. The zero-order valence-electron chi connectivity index (χ0n) is 10.7. The first kappa shape index (κ1) is 16.7. The van der Waals surface area contributed by atoms with Gasteiger partial charge in [0.05, 0.1) is 6.61 Å². The third kappa shape index (κ3) is 5.84. The topological polar surface area (TPSA) is 60.4 Å². The lowest BCUT2D eigenvalue weighted by Crippen LogP contribution is -2.31. The van der Waals surface area contributed by atoms with Gasteiger partial charge in [-0.05, 0) is 12.8 Å². The van der Waals surface area contributed by atoms with Crippen molar-refractivity contribution >= 4 is 17.5 Å². The summed E-state index contributed by atoms with van der Waals surface area (Å²) in [5.41, 5.74) is 0. The van der Waals surface area contributed by atoms with Crippen molar-refractivity contribution < 1.29 is 27.9 Å². The largest absolute Gasteiger partial charge is 0.465 e. The maximum Gasteiger partial charge on any atom is 0.316 e. The Morgan fingerprint density at radius 2 is 1.61 bits per heavy atom. The number of rotatable bonds is 8. The van der Waals surface area contributed by atoms with E-state index in [1.54, 1.807) is 13.8 Å². The summed E-state index contributed by atoms with van der Waals surface area (Å²) in [6.45, 7) is 5.09.